The Bertz CT molecular complexity index is 1190. The molecule has 196 valence electrons. The highest BCUT2D eigenvalue weighted by molar-refractivity contribution is 7.85. The maximum Gasteiger partial charge on any atom is 0.427 e. The molecular formula is C23H19F6O6S-. The molecule has 0 amide bonds. The summed E-state index contributed by atoms with van der Waals surface area (Å²) in [6, 6.07) is 15.3. The van der Waals surface area contributed by atoms with E-state index in [2.05, 4.69) is 4.74 Å². The van der Waals surface area contributed by atoms with Gasteiger partial charge < -0.3 is 14.0 Å². The van der Waals surface area contributed by atoms with Crippen LogP contribution in [0.2, 0.25) is 0 Å². The molecule has 0 aromatic heterocycles. The molecule has 0 radical (unpaired) electrons. The fourth-order valence-electron chi connectivity index (χ4n) is 5.13. The van der Waals surface area contributed by atoms with Gasteiger partial charge in [-0.3, -0.25) is 0 Å². The highest BCUT2D eigenvalue weighted by Gasteiger charge is 2.73. The minimum absolute atomic E-state index is 0.0206. The van der Waals surface area contributed by atoms with Crippen molar-refractivity contribution in [2.75, 3.05) is 19.0 Å². The van der Waals surface area contributed by atoms with Crippen LogP contribution in [0, 0.1) is 5.92 Å². The van der Waals surface area contributed by atoms with Crippen molar-refractivity contribution in [1.29, 1.82) is 0 Å². The maximum atomic E-state index is 13.3. The average molecular weight is 537 g/mol. The fraction of sp³-hybridized carbons (Fsp3) is 0.435. The molecular weight excluding hydrogens is 518 g/mol. The first-order chi connectivity index (χ1) is 16.6. The van der Waals surface area contributed by atoms with Gasteiger partial charge in [-0.2, -0.15) is 26.3 Å². The van der Waals surface area contributed by atoms with Crippen LogP contribution in [0.5, 0.6) is 0 Å². The van der Waals surface area contributed by atoms with Crippen LogP contribution in [-0.4, -0.2) is 55.9 Å². The van der Waals surface area contributed by atoms with Gasteiger partial charge in [0.2, 0.25) is 0 Å². The van der Waals surface area contributed by atoms with Crippen LogP contribution in [0.4, 0.5) is 26.3 Å². The second-order valence-electron chi connectivity index (χ2n) is 8.78. The molecule has 0 saturated carbocycles. The Morgan fingerprint density at radius 2 is 1.36 bits per heavy atom. The SMILES string of the molecule is O=C(COC(CS(=O)(=O)[O-])(C(F)(F)F)C(F)(F)F)OCC1CC2c3ccccc3C1c1ccccc12. The molecule has 3 aliphatic carbocycles. The lowest BCUT2D eigenvalue weighted by Crippen LogP contribution is -2.63. The molecule has 36 heavy (non-hydrogen) atoms. The van der Waals surface area contributed by atoms with Gasteiger partial charge in [0.25, 0.3) is 5.60 Å². The van der Waals surface area contributed by atoms with Gasteiger partial charge in [-0.15, -0.1) is 0 Å². The second-order valence-corrected chi connectivity index (χ2v) is 10.2. The van der Waals surface area contributed by atoms with Crippen LogP contribution in [-0.2, 0) is 24.4 Å². The van der Waals surface area contributed by atoms with Gasteiger partial charge in [0.05, 0.1) is 22.5 Å². The molecule has 2 aromatic rings. The zero-order valence-electron chi connectivity index (χ0n) is 18.3. The highest BCUT2D eigenvalue weighted by Crippen LogP contribution is 2.55. The fourth-order valence-corrected chi connectivity index (χ4v) is 6.03. The Morgan fingerprint density at radius 3 is 1.81 bits per heavy atom. The van der Waals surface area contributed by atoms with E-state index in [1.165, 1.54) is 0 Å². The van der Waals surface area contributed by atoms with Crippen molar-refractivity contribution in [1.82, 2.24) is 0 Å². The lowest BCUT2D eigenvalue weighted by atomic mass is 9.59. The lowest BCUT2D eigenvalue weighted by molar-refractivity contribution is -0.370. The predicted molar refractivity (Wildman–Crippen MR) is 111 cm³/mol. The topological polar surface area (TPSA) is 92.7 Å². The molecule has 1 atom stereocenters. The first-order valence-corrected chi connectivity index (χ1v) is 12.3. The summed E-state index contributed by atoms with van der Waals surface area (Å²) in [5.41, 5.74) is -1.17. The number of hydrogen-bond donors (Lipinski definition) is 0. The van der Waals surface area contributed by atoms with Crippen LogP contribution in [0.15, 0.2) is 48.5 Å². The van der Waals surface area contributed by atoms with Gasteiger partial charge in [-0.25, -0.2) is 13.2 Å². The summed E-state index contributed by atoms with van der Waals surface area (Å²) in [5.74, 6) is -5.06. The van der Waals surface area contributed by atoms with Crippen molar-refractivity contribution >= 4 is 16.1 Å². The summed E-state index contributed by atoms with van der Waals surface area (Å²) >= 11 is 0. The Morgan fingerprint density at radius 1 is 0.889 bits per heavy atom. The van der Waals surface area contributed by atoms with Crippen molar-refractivity contribution in [2.45, 2.75) is 36.2 Å². The molecule has 2 bridgehead atoms. The van der Waals surface area contributed by atoms with Crippen molar-refractivity contribution < 1.29 is 53.6 Å². The van der Waals surface area contributed by atoms with Crippen molar-refractivity contribution in [2.24, 2.45) is 5.92 Å². The summed E-state index contributed by atoms with van der Waals surface area (Å²) in [6.07, 6.45) is -12.2. The van der Waals surface area contributed by atoms with Crippen molar-refractivity contribution in [3.8, 4) is 0 Å². The van der Waals surface area contributed by atoms with E-state index >= 15 is 0 Å². The molecule has 0 heterocycles. The third kappa shape index (κ3) is 4.71. The highest BCUT2D eigenvalue weighted by atomic mass is 32.2. The summed E-state index contributed by atoms with van der Waals surface area (Å²) in [6.45, 7) is -2.17. The normalized spacial score (nSPS) is 21.6. The molecule has 5 rings (SSSR count). The Labute approximate surface area is 202 Å². The number of rotatable bonds is 7. The number of alkyl halides is 6. The Balaban J connectivity index is 1.50. The molecule has 2 aromatic carbocycles. The third-order valence-corrected chi connectivity index (χ3v) is 7.37. The van der Waals surface area contributed by atoms with Gasteiger partial charge in [0.15, 0.2) is 0 Å². The third-order valence-electron chi connectivity index (χ3n) is 6.61. The van der Waals surface area contributed by atoms with E-state index in [0.29, 0.717) is 6.42 Å². The largest absolute Gasteiger partial charge is 0.748 e. The summed E-state index contributed by atoms with van der Waals surface area (Å²) in [4.78, 5) is 12.1. The summed E-state index contributed by atoms with van der Waals surface area (Å²) < 4.78 is 121. The summed E-state index contributed by atoms with van der Waals surface area (Å²) in [7, 11) is -6.06. The predicted octanol–water partition coefficient (Wildman–Crippen LogP) is 4.25. The lowest BCUT2D eigenvalue weighted by Gasteiger charge is -2.45. The number of ether oxygens (including phenoxy) is 2. The second kappa shape index (κ2) is 9.03. The number of carbonyl (C=O) groups is 1. The minimum Gasteiger partial charge on any atom is -0.748 e. The molecule has 3 aliphatic rings. The summed E-state index contributed by atoms with van der Waals surface area (Å²) in [5, 5.41) is 0. The smallest absolute Gasteiger partial charge is 0.427 e. The van der Waals surface area contributed by atoms with E-state index in [4.69, 9.17) is 4.74 Å². The van der Waals surface area contributed by atoms with Gasteiger partial charge in [-0.1, -0.05) is 48.5 Å². The van der Waals surface area contributed by atoms with E-state index in [0.717, 1.165) is 22.3 Å². The van der Waals surface area contributed by atoms with Crippen molar-refractivity contribution in [3.05, 3.63) is 70.8 Å². The van der Waals surface area contributed by atoms with Crippen LogP contribution in [0.3, 0.4) is 0 Å². The average Bonchev–Trinajstić information content (AvgIpc) is 2.78. The van der Waals surface area contributed by atoms with Crippen LogP contribution in [0.1, 0.15) is 40.5 Å². The zero-order chi connectivity index (χ0) is 26.5. The van der Waals surface area contributed by atoms with E-state index in [1.807, 2.05) is 48.5 Å². The maximum absolute atomic E-state index is 13.3. The van der Waals surface area contributed by atoms with Crippen molar-refractivity contribution in [3.63, 3.8) is 0 Å². The minimum atomic E-state index is -6.35. The first-order valence-electron chi connectivity index (χ1n) is 10.7. The van der Waals surface area contributed by atoms with Gasteiger partial charge in [0.1, 0.15) is 6.61 Å². The monoisotopic (exact) mass is 537 g/mol. The van der Waals surface area contributed by atoms with E-state index < -0.39 is 46.4 Å². The molecule has 1 unspecified atom stereocenters. The number of benzene rings is 2. The number of hydrogen-bond acceptors (Lipinski definition) is 6. The van der Waals surface area contributed by atoms with Gasteiger partial charge >= 0.3 is 18.3 Å². The molecule has 0 N–H and O–H groups in total. The number of esters is 1. The van der Waals surface area contributed by atoms with E-state index in [-0.39, 0.29) is 24.4 Å². The number of halogens is 6. The number of fused-ring (bicyclic) bond motifs is 1. The van der Waals surface area contributed by atoms with E-state index in [9.17, 15) is 44.1 Å². The standard InChI is InChI=1S/C23H20F6O6S/c24-22(25,26)21(23(27,28)29,12-36(31,32)33)35-11-19(30)34-10-13-9-18-14-5-1-3-7-16(14)20(13)17-8-4-2-6-15(17)18/h1-8,13,18,20H,9-12H2,(H,31,32,33)/p-1. The van der Waals surface area contributed by atoms with Crippen LogP contribution in [0.25, 0.3) is 0 Å². The molecule has 0 fully saturated rings. The molecule has 13 heteroatoms. The Kier molecular flexibility index (Phi) is 6.63. The van der Waals surface area contributed by atoms with Crippen LogP contribution < -0.4 is 0 Å². The van der Waals surface area contributed by atoms with Gasteiger partial charge in [0, 0.05) is 17.8 Å². The molecule has 0 aliphatic heterocycles. The molecule has 0 saturated heterocycles. The van der Waals surface area contributed by atoms with Crippen LogP contribution >= 0.6 is 0 Å². The Hall–Kier alpha value is -2.64. The quantitative estimate of drug-likeness (QED) is 0.298. The van der Waals surface area contributed by atoms with E-state index in [1.54, 1.807) is 0 Å². The molecule has 6 nitrogen and oxygen atoms in total. The number of carbonyl (C=O) groups excluding carboxylic acids is 1. The zero-order valence-corrected chi connectivity index (χ0v) is 19.1. The molecule has 0 spiro atoms. The first kappa shape index (κ1) is 26.4. The van der Waals surface area contributed by atoms with Gasteiger partial charge in [-0.05, 0) is 28.7 Å².